The number of nitrogens with two attached hydrogens (primary N) is 1. The van der Waals surface area contributed by atoms with Gasteiger partial charge in [-0.05, 0) is 12.2 Å². The van der Waals surface area contributed by atoms with Gasteiger partial charge in [0.2, 0.25) is 0 Å². The van der Waals surface area contributed by atoms with Crippen molar-refractivity contribution in [1.82, 2.24) is 10.7 Å². The molecule has 0 fully saturated rings. The molecule has 3 atom stereocenters. The molecule has 0 aromatic carbocycles. The topological polar surface area (TPSA) is 168 Å². The van der Waals surface area contributed by atoms with E-state index < -0.39 is 37.4 Å². The molecule has 1 heterocycles. The van der Waals surface area contributed by atoms with Gasteiger partial charge in [-0.25, -0.2) is 5.84 Å². The van der Waals surface area contributed by atoms with Gasteiger partial charge in [0.25, 0.3) is 5.91 Å². The monoisotopic (exact) mass is 301 g/mol. The summed E-state index contributed by atoms with van der Waals surface area (Å²) in [5.74, 6) is 4.44. The number of aliphatic hydroxyl groups excluding tert-OH is 5. The van der Waals surface area contributed by atoms with Gasteiger partial charge in [-0.15, -0.1) is 0 Å². The molecule has 118 valence electrons. The van der Waals surface area contributed by atoms with E-state index in [0.717, 1.165) is 0 Å². The van der Waals surface area contributed by atoms with Crippen molar-refractivity contribution in [1.29, 1.82) is 0 Å². The van der Waals surface area contributed by atoms with E-state index in [2.05, 4.69) is 5.32 Å². The largest absolute Gasteiger partial charge is 0.394 e. The lowest BCUT2D eigenvalue weighted by Crippen LogP contribution is -2.42. The van der Waals surface area contributed by atoms with Crippen molar-refractivity contribution < 1.29 is 30.3 Å². The molecule has 0 saturated heterocycles. The highest BCUT2D eigenvalue weighted by Gasteiger charge is 2.29. The average molecular weight is 301 g/mol. The molecule has 9 nitrogen and oxygen atoms in total. The zero-order chi connectivity index (χ0) is 16.0. The Bertz CT molecular complexity index is 474. The van der Waals surface area contributed by atoms with Gasteiger partial charge in [-0.1, -0.05) is 0 Å². The molecule has 3 unspecified atom stereocenters. The minimum absolute atomic E-state index is 0.0540. The fourth-order valence-electron chi connectivity index (χ4n) is 1.74. The maximum atomic E-state index is 11.4. The number of aliphatic hydroxyl groups is 5. The van der Waals surface area contributed by atoms with Gasteiger partial charge >= 0.3 is 0 Å². The van der Waals surface area contributed by atoms with Gasteiger partial charge < -0.3 is 30.8 Å². The van der Waals surface area contributed by atoms with Crippen LogP contribution in [0.4, 0.5) is 0 Å². The zero-order valence-corrected chi connectivity index (χ0v) is 11.1. The molecule has 0 saturated carbocycles. The van der Waals surface area contributed by atoms with Crippen molar-refractivity contribution in [3.63, 3.8) is 0 Å². The molecular formula is C12H19N3O6. The maximum Gasteiger partial charge on any atom is 0.265 e. The van der Waals surface area contributed by atoms with Crippen molar-refractivity contribution in [2.24, 2.45) is 5.84 Å². The van der Waals surface area contributed by atoms with E-state index in [0.29, 0.717) is 0 Å². The first-order chi connectivity index (χ1) is 9.96. The lowest BCUT2D eigenvalue weighted by atomic mass is 9.97. The molecule has 9 heteroatoms. The molecule has 1 aliphatic heterocycles. The van der Waals surface area contributed by atoms with Crippen LogP contribution in [-0.2, 0) is 4.79 Å². The van der Waals surface area contributed by atoms with Crippen LogP contribution in [0.15, 0.2) is 35.2 Å². The van der Waals surface area contributed by atoms with Gasteiger partial charge in [-0.3, -0.25) is 10.2 Å². The first kappa shape index (κ1) is 17.3. The van der Waals surface area contributed by atoms with Crippen LogP contribution in [0.2, 0.25) is 0 Å². The Balaban J connectivity index is 3.09. The van der Waals surface area contributed by atoms with Crippen LogP contribution in [0.3, 0.4) is 0 Å². The first-order valence-corrected chi connectivity index (χ1v) is 6.11. The number of allylic oxidation sites excluding steroid dienone is 1. The third kappa shape index (κ3) is 4.11. The number of nitrogens with one attached hydrogen (secondary N) is 2. The SMILES string of the molecule is NNC(=O)C1=C/C(=C(\CO)C(O)C(O)C(O)CO)NC=C1. The van der Waals surface area contributed by atoms with Gasteiger partial charge in [-0.2, -0.15) is 0 Å². The molecule has 21 heavy (non-hydrogen) atoms. The highest BCUT2D eigenvalue weighted by atomic mass is 16.4. The molecule has 0 bridgehead atoms. The summed E-state index contributed by atoms with van der Waals surface area (Å²) in [5.41, 5.74) is 2.23. The lowest BCUT2D eigenvalue weighted by Gasteiger charge is -2.25. The first-order valence-electron chi connectivity index (χ1n) is 6.11. The second kappa shape index (κ2) is 7.88. The molecule has 0 aliphatic carbocycles. The summed E-state index contributed by atoms with van der Waals surface area (Å²) >= 11 is 0. The Labute approximate surface area is 120 Å². The number of hydrazine groups is 1. The number of hydrogen-bond acceptors (Lipinski definition) is 8. The van der Waals surface area contributed by atoms with Crippen molar-refractivity contribution >= 4 is 5.91 Å². The van der Waals surface area contributed by atoms with Crippen LogP contribution in [-0.4, -0.2) is 63.0 Å². The summed E-state index contributed by atoms with van der Waals surface area (Å²) in [6, 6.07) is 0. The van der Waals surface area contributed by atoms with E-state index in [9.17, 15) is 25.2 Å². The molecule has 0 radical (unpaired) electrons. The molecule has 1 aliphatic rings. The van der Waals surface area contributed by atoms with Crippen molar-refractivity contribution in [3.05, 3.63) is 35.2 Å². The van der Waals surface area contributed by atoms with Gasteiger partial charge in [0, 0.05) is 23.0 Å². The van der Waals surface area contributed by atoms with E-state index in [-0.39, 0.29) is 16.8 Å². The van der Waals surface area contributed by atoms with E-state index >= 15 is 0 Å². The second-order valence-corrected chi connectivity index (χ2v) is 4.33. The Morgan fingerprint density at radius 3 is 2.52 bits per heavy atom. The van der Waals surface area contributed by atoms with Crippen molar-refractivity contribution in [2.45, 2.75) is 18.3 Å². The summed E-state index contributed by atoms with van der Waals surface area (Å²) in [6.07, 6.45) is -0.780. The number of rotatable bonds is 6. The average Bonchev–Trinajstić information content (AvgIpc) is 2.53. The van der Waals surface area contributed by atoms with Crippen molar-refractivity contribution in [3.8, 4) is 0 Å². The standard InChI is InChI=1S/C12H19N3O6/c13-15-12(21)6-1-2-14-8(3-6)7(4-16)10(19)11(20)9(18)5-17/h1-3,9-11,14,16-20H,4-5,13H2,(H,15,21)/b8-7-. The van der Waals surface area contributed by atoms with E-state index in [1.807, 2.05) is 5.43 Å². The molecule has 0 aromatic heterocycles. The molecule has 9 N–H and O–H groups in total. The molecule has 1 amide bonds. The van der Waals surface area contributed by atoms with Crippen LogP contribution < -0.4 is 16.6 Å². The minimum Gasteiger partial charge on any atom is -0.394 e. The predicted octanol–water partition coefficient (Wildman–Crippen LogP) is -3.66. The number of carbonyl (C=O) groups excluding carboxylic acids is 1. The highest BCUT2D eigenvalue weighted by molar-refractivity contribution is 5.96. The van der Waals surface area contributed by atoms with Crippen LogP contribution >= 0.6 is 0 Å². The predicted molar refractivity (Wildman–Crippen MR) is 71.9 cm³/mol. The Hall–Kier alpha value is -1.75. The van der Waals surface area contributed by atoms with E-state index in [1.165, 1.54) is 18.4 Å². The summed E-state index contributed by atoms with van der Waals surface area (Å²) in [7, 11) is 0. The Morgan fingerprint density at radius 1 is 1.33 bits per heavy atom. The number of carbonyl (C=O) groups is 1. The third-order valence-corrected chi connectivity index (χ3v) is 2.97. The summed E-state index contributed by atoms with van der Waals surface area (Å²) in [5, 5.41) is 49.7. The smallest absolute Gasteiger partial charge is 0.265 e. The molecular weight excluding hydrogens is 282 g/mol. The molecule has 0 spiro atoms. The maximum absolute atomic E-state index is 11.4. The van der Waals surface area contributed by atoms with Crippen LogP contribution in [0.5, 0.6) is 0 Å². The van der Waals surface area contributed by atoms with Crippen LogP contribution in [0, 0.1) is 0 Å². The minimum atomic E-state index is -1.70. The summed E-state index contributed by atoms with van der Waals surface area (Å²) in [4.78, 5) is 11.4. The fourth-order valence-corrected chi connectivity index (χ4v) is 1.74. The van der Waals surface area contributed by atoms with Gasteiger partial charge in [0.05, 0.1) is 13.2 Å². The second-order valence-electron chi connectivity index (χ2n) is 4.33. The van der Waals surface area contributed by atoms with Gasteiger partial charge in [0.1, 0.15) is 18.3 Å². The lowest BCUT2D eigenvalue weighted by molar-refractivity contribution is -0.117. The summed E-state index contributed by atoms with van der Waals surface area (Å²) in [6.45, 7) is -1.39. The number of dihydropyridines is 1. The van der Waals surface area contributed by atoms with E-state index in [1.54, 1.807) is 0 Å². The molecule has 0 aromatic rings. The third-order valence-electron chi connectivity index (χ3n) is 2.97. The quantitative estimate of drug-likeness (QED) is 0.141. The van der Waals surface area contributed by atoms with Crippen molar-refractivity contribution in [2.75, 3.05) is 13.2 Å². The zero-order valence-electron chi connectivity index (χ0n) is 11.1. The number of amides is 1. The van der Waals surface area contributed by atoms with Crippen LogP contribution in [0.25, 0.3) is 0 Å². The Morgan fingerprint density at radius 2 is 2.00 bits per heavy atom. The highest BCUT2D eigenvalue weighted by Crippen LogP contribution is 2.18. The van der Waals surface area contributed by atoms with Crippen LogP contribution in [0.1, 0.15) is 0 Å². The molecule has 1 rings (SSSR count). The number of hydrogen-bond donors (Lipinski definition) is 8. The van der Waals surface area contributed by atoms with E-state index in [4.69, 9.17) is 10.9 Å². The Kier molecular flexibility index (Phi) is 6.49. The fraction of sp³-hybridized carbons (Fsp3) is 0.417. The summed E-state index contributed by atoms with van der Waals surface area (Å²) < 4.78 is 0. The van der Waals surface area contributed by atoms with Gasteiger partial charge in [0.15, 0.2) is 0 Å². The normalized spacial score (nSPS) is 21.0.